The lowest BCUT2D eigenvalue weighted by Crippen LogP contribution is -2.47. The van der Waals surface area contributed by atoms with E-state index in [1.165, 1.54) is 6.42 Å². The van der Waals surface area contributed by atoms with Gasteiger partial charge < -0.3 is 0 Å². The summed E-state index contributed by atoms with van der Waals surface area (Å²) < 4.78 is 29.0. The van der Waals surface area contributed by atoms with Crippen LogP contribution in [0.15, 0.2) is 0 Å². The molecule has 1 fully saturated rings. The van der Waals surface area contributed by atoms with Gasteiger partial charge in [-0.3, -0.25) is 0 Å². The Hall–Kier alpha value is -0.130. The summed E-state index contributed by atoms with van der Waals surface area (Å²) in [5.41, 5.74) is 0. The summed E-state index contributed by atoms with van der Waals surface area (Å²) in [6, 6.07) is 0.196. The van der Waals surface area contributed by atoms with E-state index in [4.69, 9.17) is 0 Å². The zero-order valence-corrected chi connectivity index (χ0v) is 13.7. The predicted molar refractivity (Wildman–Crippen MR) is 80.2 cm³/mol. The molecule has 4 nitrogen and oxygen atoms in total. The number of hydrogen-bond donors (Lipinski definition) is 1. The minimum Gasteiger partial charge on any atom is -0.199 e. The van der Waals surface area contributed by atoms with Crippen molar-refractivity contribution in [1.29, 1.82) is 0 Å². The van der Waals surface area contributed by atoms with Gasteiger partial charge in [-0.2, -0.15) is 17.4 Å². The summed E-state index contributed by atoms with van der Waals surface area (Å²) in [7, 11) is -1.61. The summed E-state index contributed by atoms with van der Waals surface area (Å²) in [5.74, 6) is 0.614. The van der Waals surface area contributed by atoms with E-state index >= 15 is 0 Å². The van der Waals surface area contributed by atoms with Crippen LogP contribution in [0.3, 0.4) is 0 Å². The van der Waals surface area contributed by atoms with Gasteiger partial charge in [0.1, 0.15) is 0 Å². The van der Waals surface area contributed by atoms with Gasteiger partial charge in [-0.05, 0) is 38.5 Å². The monoisotopic (exact) mass is 290 g/mol. The molecule has 1 saturated carbocycles. The maximum absolute atomic E-state index is 12.3. The summed E-state index contributed by atoms with van der Waals surface area (Å²) >= 11 is 0. The molecule has 1 rings (SSSR count). The highest BCUT2D eigenvalue weighted by Crippen LogP contribution is 2.23. The third-order valence-corrected chi connectivity index (χ3v) is 5.75. The third-order valence-electron chi connectivity index (χ3n) is 4.00. The highest BCUT2D eigenvalue weighted by atomic mass is 32.2. The first kappa shape index (κ1) is 16.9. The van der Waals surface area contributed by atoms with Crippen LogP contribution in [0.5, 0.6) is 0 Å². The van der Waals surface area contributed by atoms with E-state index in [0.29, 0.717) is 5.92 Å². The van der Waals surface area contributed by atoms with Gasteiger partial charge in [0.05, 0.1) is 0 Å². The van der Waals surface area contributed by atoms with Crippen LogP contribution in [0, 0.1) is 5.92 Å². The number of nitrogens with zero attached hydrogens (tertiary/aromatic N) is 1. The second-order valence-electron chi connectivity index (χ2n) is 6.30. The molecule has 1 aliphatic rings. The molecule has 1 aliphatic carbocycles. The van der Waals surface area contributed by atoms with Crippen LogP contribution in [0.4, 0.5) is 0 Å². The Bertz CT molecular complexity index is 348. The number of rotatable bonds is 7. The fourth-order valence-corrected chi connectivity index (χ4v) is 4.02. The first-order valence-corrected chi connectivity index (χ1v) is 9.02. The van der Waals surface area contributed by atoms with Gasteiger partial charge in [0.25, 0.3) is 10.2 Å². The van der Waals surface area contributed by atoms with Crippen molar-refractivity contribution in [3.05, 3.63) is 0 Å². The van der Waals surface area contributed by atoms with E-state index in [2.05, 4.69) is 18.6 Å². The van der Waals surface area contributed by atoms with Crippen LogP contribution >= 0.6 is 0 Å². The van der Waals surface area contributed by atoms with Gasteiger partial charge >= 0.3 is 0 Å². The van der Waals surface area contributed by atoms with Gasteiger partial charge in [-0.25, -0.2) is 0 Å². The second-order valence-corrected chi connectivity index (χ2v) is 8.06. The minimum atomic E-state index is -3.32. The van der Waals surface area contributed by atoms with Crippen molar-refractivity contribution in [2.75, 3.05) is 7.05 Å². The molecule has 5 heteroatoms. The average molecular weight is 290 g/mol. The van der Waals surface area contributed by atoms with Crippen molar-refractivity contribution in [3.63, 3.8) is 0 Å². The summed E-state index contributed by atoms with van der Waals surface area (Å²) in [5, 5.41) is 0. The predicted octanol–water partition coefficient (Wildman–Crippen LogP) is 2.91. The van der Waals surface area contributed by atoms with E-state index in [-0.39, 0.29) is 12.1 Å². The number of nitrogens with one attached hydrogen (secondary N) is 1. The fraction of sp³-hybridized carbons (Fsp3) is 1.00. The molecule has 1 N–H and O–H groups in total. The maximum Gasteiger partial charge on any atom is 0.279 e. The van der Waals surface area contributed by atoms with Gasteiger partial charge in [0, 0.05) is 19.1 Å². The highest BCUT2D eigenvalue weighted by molar-refractivity contribution is 7.87. The van der Waals surface area contributed by atoms with Crippen LogP contribution < -0.4 is 4.72 Å². The smallest absolute Gasteiger partial charge is 0.199 e. The standard InChI is InChI=1S/C14H30N2O2S/c1-12(2)10-11-13(3)15-19(17,18)16(4)14-8-6-5-7-9-14/h12-15H,5-11H2,1-4H3. The van der Waals surface area contributed by atoms with E-state index in [9.17, 15) is 8.42 Å². The molecule has 0 bridgehead atoms. The van der Waals surface area contributed by atoms with Crippen LogP contribution in [-0.2, 0) is 10.2 Å². The molecule has 19 heavy (non-hydrogen) atoms. The molecule has 0 saturated heterocycles. The van der Waals surface area contributed by atoms with E-state index in [1.54, 1.807) is 11.4 Å². The molecule has 1 unspecified atom stereocenters. The normalized spacial score (nSPS) is 20.1. The topological polar surface area (TPSA) is 49.4 Å². The first-order valence-electron chi connectivity index (χ1n) is 7.58. The zero-order valence-electron chi connectivity index (χ0n) is 12.9. The van der Waals surface area contributed by atoms with Crippen LogP contribution in [0.1, 0.15) is 65.7 Å². The van der Waals surface area contributed by atoms with E-state index in [0.717, 1.165) is 38.5 Å². The molecule has 1 atom stereocenters. The van der Waals surface area contributed by atoms with Gasteiger partial charge in [0.2, 0.25) is 0 Å². The van der Waals surface area contributed by atoms with Crippen molar-refractivity contribution in [3.8, 4) is 0 Å². The maximum atomic E-state index is 12.3. The highest BCUT2D eigenvalue weighted by Gasteiger charge is 2.28. The van der Waals surface area contributed by atoms with Crippen molar-refractivity contribution < 1.29 is 8.42 Å². The average Bonchev–Trinajstić information content (AvgIpc) is 2.36. The van der Waals surface area contributed by atoms with Crippen LogP contribution in [0.2, 0.25) is 0 Å². The van der Waals surface area contributed by atoms with Crippen molar-refractivity contribution in [2.45, 2.75) is 77.8 Å². The molecule has 0 aromatic heterocycles. The lowest BCUT2D eigenvalue weighted by molar-refractivity contribution is 0.281. The molecular weight excluding hydrogens is 260 g/mol. The number of hydrogen-bond acceptors (Lipinski definition) is 2. The van der Waals surface area contributed by atoms with Gasteiger partial charge in [-0.15, -0.1) is 0 Å². The SMILES string of the molecule is CC(C)CCC(C)NS(=O)(=O)N(C)C1CCCCC1. The third kappa shape index (κ3) is 5.79. The summed E-state index contributed by atoms with van der Waals surface area (Å²) in [4.78, 5) is 0. The molecule has 0 radical (unpaired) electrons. The molecule has 0 amide bonds. The minimum absolute atomic E-state index is 0.0124. The molecule has 0 heterocycles. The largest absolute Gasteiger partial charge is 0.279 e. The molecule has 0 aliphatic heterocycles. The lowest BCUT2D eigenvalue weighted by atomic mass is 9.96. The molecule has 0 spiro atoms. The van der Waals surface area contributed by atoms with E-state index in [1.807, 2.05) is 6.92 Å². The Morgan fingerprint density at radius 2 is 1.68 bits per heavy atom. The van der Waals surface area contributed by atoms with Crippen LogP contribution in [-0.4, -0.2) is 31.9 Å². The summed E-state index contributed by atoms with van der Waals surface area (Å²) in [6.45, 7) is 6.28. The van der Waals surface area contributed by atoms with Gasteiger partial charge in [-0.1, -0.05) is 33.1 Å². The summed E-state index contributed by atoms with van der Waals surface area (Å²) in [6.07, 6.45) is 7.48. The fourth-order valence-electron chi connectivity index (χ4n) is 2.62. The molecule has 0 aromatic rings. The van der Waals surface area contributed by atoms with Crippen molar-refractivity contribution >= 4 is 10.2 Å². The molecule has 114 valence electrons. The Morgan fingerprint density at radius 1 is 1.11 bits per heavy atom. The Morgan fingerprint density at radius 3 is 2.21 bits per heavy atom. The second kappa shape index (κ2) is 7.60. The Labute approximate surface area is 119 Å². The van der Waals surface area contributed by atoms with Crippen molar-refractivity contribution in [1.82, 2.24) is 9.03 Å². The molecular formula is C14H30N2O2S. The quantitative estimate of drug-likeness (QED) is 0.784. The zero-order chi connectivity index (χ0) is 14.5. The first-order chi connectivity index (χ1) is 8.83. The lowest BCUT2D eigenvalue weighted by Gasteiger charge is -2.31. The van der Waals surface area contributed by atoms with E-state index < -0.39 is 10.2 Å². The van der Waals surface area contributed by atoms with Crippen LogP contribution in [0.25, 0.3) is 0 Å². The van der Waals surface area contributed by atoms with Gasteiger partial charge in [0.15, 0.2) is 0 Å². The molecule has 0 aromatic carbocycles. The Kier molecular flexibility index (Phi) is 6.77. The van der Waals surface area contributed by atoms with Crippen molar-refractivity contribution in [2.24, 2.45) is 5.92 Å². The Balaban J connectivity index is 2.49.